The normalized spacial score (nSPS) is 18.5. The summed E-state index contributed by atoms with van der Waals surface area (Å²) in [6.07, 6.45) is 1.86. The lowest BCUT2D eigenvalue weighted by molar-refractivity contribution is 0.956. The fraction of sp³-hybridized carbons (Fsp3) is 0.364. The van der Waals surface area contributed by atoms with E-state index < -0.39 is 0 Å². The van der Waals surface area contributed by atoms with Crippen LogP contribution >= 0.6 is 0 Å². The summed E-state index contributed by atoms with van der Waals surface area (Å²) in [7, 11) is 0. The van der Waals surface area contributed by atoms with Gasteiger partial charge < -0.3 is 4.90 Å². The van der Waals surface area contributed by atoms with Gasteiger partial charge in [0.2, 0.25) is 0 Å². The second kappa shape index (κ2) is 4.21. The third-order valence-corrected chi connectivity index (χ3v) is 2.60. The molecule has 0 aromatic heterocycles. The zero-order chi connectivity index (χ0) is 10.7. The molecule has 0 saturated carbocycles. The molecule has 78 valence electrons. The van der Waals surface area contributed by atoms with E-state index in [2.05, 4.69) is 29.4 Å². The van der Waals surface area contributed by atoms with E-state index in [1.54, 1.807) is 0 Å². The van der Waals surface area contributed by atoms with Crippen molar-refractivity contribution in [1.29, 1.82) is 0 Å². The second-order valence-electron chi connectivity index (χ2n) is 3.69. The SMILES string of the molecule is Cc1ccc(N2CCC/C2=N\N=O)cc1. The highest BCUT2D eigenvalue weighted by atomic mass is 16.3. The number of hydrogen-bond donors (Lipinski definition) is 0. The molecule has 1 aromatic rings. The van der Waals surface area contributed by atoms with E-state index in [0.717, 1.165) is 30.9 Å². The van der Waals surface area contributed by atoms with Crippen LogP contribution in [0.1, 0.15) is 18.4 Å². The van der Waals surface area contributed by atoms with Crippen LogP contribution in [0.25, 0.3) is 0 Å². The number of aryl methyl sites for hydroxylation is 1. The molecule has 4 heteroatoms. The Morgan fingerprint density at radius 3 is 2.67 bits per heavy atom. The predicted octanol–water partition coefficient (Wildman–Crippen LogP) is 2.68. The quantitative estimate of drug-likeness (QED) is 0.548. The fourth-order valence-electron chi connectivity index (χ4n) is 1.81. The second-order valence-corrected chi connectivity index (χ2v) is 3.69. The smallest absolute Gasteiger partial charge is 0.135 e. The molecule has 0 bridgehead atoms. The molecule has 15 heavy (non-hydrogen) atoms. The molecule has 1 fully saturated rings. The van der Waals surface area contributed by atoms with Gasteiger partial charge in [0.15, 0.2) is 0 Å². The summed E-state index contributed by atoms with van der Waals surface area (Å²) in [5, 5.41) is 6.22. The molecule has 1 aliphatic heterocycles. The average Bonchev–Trinajstić information content (AvgIpc) is 2.68. The number of rotatable bonds is 2. The lowest BCUT2D eigenvalue weighted by Gasteiger charge is -2.17. The van der Waals surface area contributed by atoms with Crippen molar-refractivity contribution in [3.05, 3.63) is 34.7 Å². The highest BCUT2D eigenvalue weighted by molar-refractivity contribution is 5.99. The van der Waals surface area contributed by atoms with Crippen molar-refractivity contribution in [3.63, 3.8) is 0 Å². The Balaban J connectivity index is 2.26. The van der Waals surface area contributed by atoms with Gasteiger partial charge in [-0.25, -0.2) is 0 Å². The van der Waals surface area contributed by atoms with Crippen molar-refractivity contribution in [2.75, 3.05) is 11.4 Å². The lowest BCUT2D eigenvalue weighted by Crippen LogP contribution is -2.23. The average molecular weight is 203 g/mol. The Morgan fingerprint density at radius 1 is 1.27 bits per heavy atom. The van der Waals surface area contributed by atoms with Crippen LogP contribution in [-0.4, -0.2) is 12.4 Å². The van der Waals surface area contributed by atoms with Crippen molar-refractivity contribution >= 4 is 11.5 Å². The van der Waals surface area contributed by atoms with Crippen molar-refractivity contribution in [2.24, 2.45) is 10.4 Å². The Kier molecular flexibility index (Phi) is 2.76. The molecule has 1 heterocycles. The van der Waals surface area contributed by atoms with Crippen LogP contribution in [0.2, 0.25) is 0 Å². The minimum atomic E-state index is 0.772. The number of benzene rings is 1. The van der Waals surface area contributed by atoms with Crippen LogP contribution in [-0.2, 0) is 0 Å². The van der Waals surface area contributed by atoms with Crippen molar-refractivity contribution < 1.29 is 0 Å². The van der Waals surface area contributed by atoms with Crippen LogP contribution in [0, 0.1) is 11.8 Å². The van der Waals surface area contributed by atoms with Crippen LogP contribution in [0.5, 0.6) is 0 Å². The maximum Gasteiger partial charge on any atom is 0.135 e. The molecule has 0 amide bonds. The summed E-state index contributed by atoms with van der Waals surface area (Å²) >= 11 is 0. The van der Waals surface area contributed by atoms with E-state index in [4.69, 9.17) is 0 Å². The summed E-state index contributed by atoms with van der Waals surface area (Å²) < 4.78 is 0. The maximum absolute atomic E-state index is 10.1. The van der Waals surface area contributed by atoms with E-state index in [0.29, 0.717) is 0 Å². The van der Waals surface area contributed by atoms with Crippen molar-refractivity contribution in [2.45, 2.75) is 19.8 Å². The lowest BCUT2D eigenvalue weighted by atomic mass is 10.2. The van der Waals surface area contributed by atoms with Gasteiger partial charge in [0.1, 0.15) is 5.84 Å². The first kappa shape index (κ1) is 9.83. The van der Waals surface area contributed by atoms with Gasteiger partial charge in [-0.1, -0.05) is 22.8 Å². The van der Waals surface area contributed by atoms with Crippen LogP contribution < -0.4 is 4.90 Å². The minimum absolute atomic E-state index is 0.772. The molecule has 1 aromatic carbocycles. The Hall–Kier alpha value is -1.71. The van der Waals surface area contributed by atoms with Gasteiger partial charge in [0.25, 0.3) is 0 Å². The fourth-order valence-corrected chi connectivity index (χ4v) is 1.81. The van der Waals surface area contributed by atoms with Gasteiger partial charge in [-0.15, -0.1) is 4.91 Å². The van der Waals surface area contributed by atoms with Gasteiger partial charge in [-0.3, -0.25) is 0 Å². The number of hydrogen-bond acceptors (Lipinski definition) is 2. The molecule has 0 spiro atoms. The largest absolute Gasteiger partial charge is 0.328 e. The van der Waals surface area contributed by atoms with Gasteiger partial charge in [0.05, 0.1) is 5.29 Å². The first-order valence-corrected chi connectivity index (χ1v) is 5.04. The zero-order valence-corrected chi connectivity index (χ0v) is 8.68. The van der Waals surface area contributed by atoms with E-state index in [1.165, 1.54) is 5.56 Å². The first-order chi connectivity index (χ1) is 7.31. The van der Waals surface area contributed by atoms with Crippen LogP contribution in [0.3, 0.4) is 0 Å². The number of amidine groups is 1. The third kappa shape index (κ3) is 2.03. The molecular formula is C11H13N3O. The van der Waals surface area contributed by atoms with Gasteiger partial charge >= 0.3 is 0 Å². The number of anilines is 1. The molecular weight excluding hydrogens is 190 g/mol. The summed E-state index contributed by atoms with van der Waals surface area (Å²) in [4.78, 5) is 12.2. The Labute approximate surface area is 88.6 Å². The van der Waals surface area contributed by atoms with Gasteiger partial charge in [0, 0.05) is 18.7 Å². The summed E-state index contributed by atoms with van der Waals surface area (Å²) in [5.74, 6) is 0.772. The first-order valence-electron chi connectivity index (χ1n) is 5.04. The third-order valence-electron chi connectivity index (χ3n) is 2.60. The standard InChI is InChI=1S/C11H13N3O/c1-9-4-6-10(7-5-9)14-8-2-3-11(14)12-13-15/h4-7H,2-3,8H2,1H3/b12-11+. The number of nitroso groups, excluding NO2 is 1. The van der Waals surface area contributed by atoms with Gasteiger partial charge in [-0.2, -0.15) is 0 Å². The van der Waals surface area contributed by atoms with E-state index in [1.807, 2.05) is 17.0 Å². The van der Waals surface area contributed by atoms with Crippen molar-refractivity contribution in [3.8, 4) is 0 Å². The molecule has 0 N–H and O–H groups in total. The van der Waals surface area contributed by atoms with E-state index >= 15 is 0 Å². The Morgan fingerprint density at radius 2 is 2.00 bits per heavy atom. The molecule has 0 unspecified atom stereocenters. The van der Waals surface area contributed by atoms with Crippen LogP contribution in [0.4, 0.5) is 5.69 Å². The van der Waals surface area contributed by atoms with Crippen LogP contribution in [0.15, 0.2) is 34.7 Å². The molecule has 0 aliphatic carbocycles. The molecule has 4 nitrogen and oxygen atoms in total. The summed E-state index contributed by atoms with van der Waals surface area (Å²) in [5.41, 5.74) is 2.31. The maximum atomic E-state index is 10.1. The zero-order valence-electron chi connectivity index (χ0n) is 8.68. The molecule has 0 atom stereocenters. The van der Waals surface area contributed by atoms with E-state index in [-0.39, 0.29) is 0 Å². The highest BCUT2D eigenvalue weighted by Crippen LogP contribution is 2.22. The van der Waals surface area contributed by atoms with Crippen molar-refractivity contribution in [1.82, 2.24) is 0 Å². The topological polar surface area (TPSA) is 45.0 Å². The summed E-state index contributed by atoms with van der Waals surface area (Å²) in [6, 6.07) is 8.20. The highest BCUT2D eigenvalue weighted by Gasteiger charge is 2.20. The minimum Gasteiger partial charge on any atom is -0.328 e. The Bertz CT molecular complexity index is 383. The monoisotopic (exact) mass is 203 g/mol. The number of nitrogens with zero attached hydrogens (tertiary/aromatic N) is 3. The molecule has 0 radical (unpaired) electrons. The summed E-state index contributed by atoms with van der Waals surface area (Å²) in [6.45, 7) is 2.97. The molecule has 1 saturated heterocycles. The van der Waals surface area contributed by atoms with E-state index in [9.17, 15) is 4.91 Å². The predicted molar refractivity (Wildman–Crippen MR) is 61.0 cm³/mol. The molecule has 2 rings (SSSR count). The van der Waals surface area contributed by atoms with Gasteiger partial charge in [-0.05, 0) is 25.5 Å². The molecule has 1 aliphatic rings.